The van der Waals surface area contributed by atoms with Crippen molar-refractivity contribution in [3.8, 4) is 11.5 Å². The molecule has 5 nitrogen and oxygen atoms in total. The SMILES string of the molecule is CCOC(=O)[C@H]1CCCC[NH+]1Cc1cccc(OC)c1OC. The van der Waals surface area contributed by atoms with Gasteiger partial charge in [-0.1, -0.05) is 6.07 Å². The molecule has 2 atom stereocenters. The Bertz CT molecular complexity index is 503. The van der Waals surface area contributed by atoms with E-state index in [1.807, 2.05) is 25.1 Å². The van der Waals surface area contributed by atoms with Gasteiger partial charge in [-0.25, -0.2) is 4.79 Å². The summed E-state index contributed by atoms with van der Waals surface area (Å²) < 4.78 is 16.1. The summed E-state index contributed by atoms with van der Waals surface area (Å²) in [5.41, 5.74) is 1.06. The van der Waals surface area contributed by atoms with Crippen molar-refractivity contribution >= 4 is 5.97 Å². The summed E-state index contributed by atoms with van der Waals surface area (Å²) in [7, 11) is 3.28. The van der Waals surface area contributed by atoms with E-state index < -0.39 is 0 Å². The number of carbonyl (C=O) groups excluding carboxylic acids is 1. The van der Waals surface area contributed by atoms with Crippen molar-refractivity contribution < 1.29 is 23.9 Å². The molecule has 0 bridgehead atoms. The second-order valence-corrected chi connectivity index (χ2v) is 5.54. The number of hydrogen-bond donors (Lipinski definition) is 1. The zero-order valence-corrected chi connectivity index (χ0v) is 13.7. The maximum atomic E-state index is 12.2. The molecule has 1 N–H and O–H groups in total. The fourth-order valence-electron chi connectivity index (χ4n) is 3.16. The van der Waals surface area contributed by atoms with Gasteiger partial charge in [-0.05, 0) is 31.9 Å². The van der Waals surface area contributed by atoms with E-state index >= 15 is 0 Å². The van der Waals surface area contributed by atoms with Gasteiger partial charge in [-0.2, -0.15) is 0 Å². The third kappa shape index (κ3) is 3.71. The molecule has 0 amide bonds. The number of esters is 1. The van der Waals surface area contributed by atoms with Gasteiger partial charge in [0.25, 0.3) is 0 Å². The van der Waals surface area contributed by atoms with Crippen LogP contribution >= 0.6 is 0 Å². The maximum absolute atomic E-state index is 12.2. The number of benzene rings is 1. The summed E-state index contributed by atoms with van der Waals surface area (Å²) >= 11 is 0. The van der Waals surface area contributed by atoms with Gasteiger partial charge in [0.15, 0.2) is 17.5 Å². The van der Waals surface area contributed by atoms with Gasteiger partial charge >= 0.3 is 5.97 Å². The van der Waals surface area contributed by atoms with Crippen LogP contribution in [0.25, 0.3) is 0 Å². The van der Waals surface area contributed by atoms with E-state index in [-0.39, 0.29) is 12.0 Å². The van der Waals surface area contributed by atoms with Crippen LogP contribution in [0.15, 0.2) is 18.2 Å². The summed E-state index contributed by atoms with van der Waals surface area (Å²) in [6.45, 7) is 4.00. The van der Waals surface area contributed by atoms with Crippen LogP contribution in [0.5, 0.6) is 11.5 Å². The summed E-state index contributed by atoms with van der Waals surface area (Å²) in [5.74, 6) is 1.40. The summed E-state index contributed by atoms with van der Waals surface area (Å²) in [6, 6.07) is 5.80. The van der Waals surface area contributed by atoms with Gasteiger partial charge in [-0.3, -0.25) is 0 Å². The van der Waals surface area contributed by atoms with Crippen LogP contribution in [0, 0.1) is 0 Å². The van der Waals surface area contributed by atoms with Gasteiger partial charge in [0.1, 0.15) is 6.54 Å². The standard InChI is InChI=1S/C17H25NO4/c1-4-22-17(19)14-9-5-6-11-18(14)12-13-8-7-10-15(20-2)16(13)21-3/h7-8,10,14H,4-6,9,11-12H2,1-3H3/p+1/t14-/m1/s1. The number of rotatable bonds is 6. The van der Waals surface area contributed by atoms with Gasteiger partial charge in [-0.15, -0.1) is 0 Å². The minimum absolute atomic E-state index is 0.0791. The minimum Gasteiger partial charge on any atom is -0.493 e. The number of para-hydroxylation sites is 1. The fraction of sp³-hybridized carbons (Fsp3) is 0.588. The van der Waals surface area contributed by atoms with Crippen molar-refractivity contribution in [3.63, 3.8) is 0 Å². The molecule has 1 heterocycles. The predicted molar refractivity (Wildman–Crippen MR) is 83.4 cm³/mol. The Morgan fingerprint density at radius 2 is 2.09 bits per heavy atom. The lowest BCUT2D eigenvalue weighted by atomic mass is 10.0. The average molecular weight is 308 g/mol. The number of quaternary nitrogens is 1. The lowest BCUT2D eigenvalue weighted by Crippen LogP contribution is -3.16. The number of hydrogen-bond acceptors (Lipinski definition) is 4. The molecule has 1 saturated heterocycles. The lowest BCUT2D eigenvalue weighted by molar-refractivity contribution is -0.935. The number of ether oxygens (including phenoxy) is 3. The molecular weight excluding hydrogens is 282 g/mol. The Hall–Kier alpha value is -1.75. The van der Waals surface area contributed by atoms with Crippen molar-refractivity contribution in [1.29, 1.82) is 0 Å². The van der Waals surface area contributed by atoms with Crippen LogP contribution in [0.4, 0.5) is 0 Å². The van der Waals surface area contributed by atoms with Crippen LogP contribution in [0.3, 0.4) is 0 Å². The van der Waals surface area contributed by atoms with E-state index in [0.29, 0.717) is 6.61 Å². The van der Waals surface area contributed by atoms with Crippen LogP contribution in [0.1, 0.15) is 31.7 Å². The molecule has 1 aliphatic heterocycles. The topological polar surface area (TPSA) is 49.2 Å². The Labute approximate surface area is 132 Å². The van der Waals surface area contributed by atoms with Crippen molar-refractivity contribution in [2.24, 2.45) is 0 Å². The first-order chi connectivity index (χ1) is 10.7. The first-order valence-electron chi connectivity index (χ1n) is 7.92. The number of carbonyl (C=O) groups is 1. The monoisotopic (exact) mass is 308 g/mol. The highest BCUT2D eigenvalue weighted by Gasteiger charge is 2.34. The van der Waals surface area contributed by atoms with Crippen LogP contribution < -0.4 is 14.4 Å². The average Bonchev–Trinajstić information content (AvgIpc) is 2.55. The third-order valence-electron chi connectivity index (χ3n) is 4.21. The third-order valence-corrected chi connectivity index (χ3v) is 4.21. The Morgan fingerprint density at radius 1 is 1.27 bits per heavy atom. The second-order valence-electron chi connectivity index (χ2n) is 5.54. The zero-order chi connectivity index (χ0) is 15.9. The molecule has 1 unspecified atom stereocenters. The molecule has 0 spiro atoms. The quantitative estimate of drug-likeness (QED) is 0.803. The second kappa shape index (κ2) is 8.03. The molecule has 5 heteroatoms. The summed E-state index contributed by atoms with van der Waals surface area (Å²) in [5, 5.41) is 0. The molecule has 122 valence electrons. The molecule has 0 radical (unpaired) electrons. The molecular formula is C17H26NO4+. The lowest BCUT2D eigenvalue weighted by Gasteiger charge is -2.31. The zero-order valence-electron chi connectivity index (χ0n) is 13.7. The van der Waals surface area contributed by atoms with E-state index in [4.69, 9.17) is 14.2 Å². The first kappa shape index (κ1) is 16.6. The largest absolute Gasteiger partial charge is 0.493 e. The number of methoxy groups -OCH3 is 2. The van der Waals surface area contributed by atoms with Crippen LogP contribution in [-0.2, 0) is 16.1 Å². The minimum atomic E-state index is -0.0842. The Morgan fingerprint density at radius 3 is 2.77 bits per heavy atom. The van der Waals surface area contributed by atoms with Gasteiger partial charge in [0, 0.05) is 6.42 Å². The maximum Gasteiger partial charge on any atom is 0.364 e. The van der Waals surface area contributed by atoms with E-state index in [1.165, 1.54) is 4.90 Å². The normalized spacial score (nSPS) is 21.2. The molecule has 1 aromatic rings. The molecule has 1 aromatic carbocycles. The number of likely N-dealkylation sites (tertiary alicyclic amines) is 1. The smallest absolute Gasteiger partial charge is 0.364 e. The van der Waals surface area contributed by atoms with Crippen LogP contribution in [0.2, 0.25) is 0 Å². The highest BCUT2D eigenvalue weighted by molar-refractivity contribution is 5.74. The Balaban J connectivity index is 2.18. The molecule has 0 aromatic heterocycles. The van der Waals surface area contributed by atoms with Crippen molar-refractivity contribution in [2.45, 2.75) is 38.8 Å². The molecule has 2 rings (SSSR count). The van der Waals surface area contributed by atoms with Crippen molar-refractivity contribution in [3.05, 3.63) is 23.8 Å². The van der Waals surface area contributed by atoms with Crippen LogP contribution in [-0.4, -0.2) is 39.4 Å². The highest BCUT2D eigenvalue weighted by Crippen LogP contribution is 2.30. The molecule has 1 fully saturated rings. The molecule has 0 saturated carbocycles. The van der Waals surface area contributed by atoms with Crippen molar-refractivity contribution in [1.82, 2.24) is 0 Å². The highest BCUT2D eigenvalue weighted by atomic mass is 16.5. The van der Waals surface area contributed by atoms with E-state index in [0.717, 1.165) is 49.4 Å². The van der Waals surface area contributed by atoms with Gasteiger partial charge < -0.3 is 19.1 Å². The number of piperidine rings is 1. The molecule has 22 heavy (non-hydrogen) atoms. The summed E-state index contributed by atoms with van der Waals surface area (Å²) in [4.78, 5) is 13.4. The van der Waals surface area contributed by atoms with E-state index in [1.54, 1.807) is 14.2 Å². The van der Waals surface area contributed by atoms with E-state index in [9.17, 15) is 4.79 Å². The predicted octanol–water partition coefficient (Wildman–Crippen LogP) is 1.20. The summed E-state index contributed by atoms with van der Waals surface area (Å²) in [6.07, 6.45) is 3.11. The molecule has 0 aliphatic carbocycles. The first-order valence-corrected chi connectivity index (χ1v) is 7.92. The Kier molecular flexibility index (Phi) is 6.07. The number of nitrogens with one attached hydrogen (secondary N) is 1. The van der Waals surface area contributed by atoms with Gasteiger partial charge in [0.05, 0.1) is 32.9 Å². The molecule has 1 aliphatic rings. The van der Waals surface area contributed by atoms with Crippen molar-refractivity contribution in [2.75, 3.05) is 27.4 Å². The van der Waals surface area contributed by atoms with Gasteiger partial charge in [0.2, 0.25) is 0 Å². The van der Waals surface area contributed by atoms with E-state index in [2.05, 4.69) is 0 Å². The fourth-order valence-corrected chi connectivity index (χ4v) is 3.16.